The Morgan fingerprint density at radius 1 is 1.43 bits per heavy atom. The Balaban J connectivity index is 1.73. The van der Waals surface area contributed by atoms with Gasteiger partial charge in [0.15, 0.2) is 5.13 Å². The van der Waals surface area contributed by atoms with Crippen molar-refractivity contribution in [2.45, 2.75) is 26.4 Å². The Bertz CT molecular complexity index is 748. The SMILES string of the molecule is COC[C@H](C)n1ccc(-c2sc(NCc3ccco3)nc2C)n1. The van der Waals surface area contributed by atoms with Gasteiger partial charge in [-0.15, -0.1) is 0 Å². The Morgan fingerprint density at radius 2 is 2.30 bits per heavy atom. The molecule has 0 spiro atoms. The van der Waals surface area contributed by atoms with Gasteiger partial charge < -0.3 is 14.5 Å². The van der Waals surface area contributed by atoms with E-state index in [0.29, 0.717) is 13.2 Å². The van der Waals surface area contributed by atoms with Crippen molar-refractivity contribution in [2.24, 2.45) is 0 Å². The van der Waals surface area contributed by atoms with E-state index in [1.165, 1.54) is 0 Å². The second-order valence-electron chi connectivity index (χ2n) is 5.35. The smallest absolute Gasteiger partial charge is 0.183 e. The number of aryl methyl sites for hydroxylation is 1. The van der Waals surface area contributed by atoms with Crippen LogP contribution in [0.4, 0.5) is 5.13 Å². The van der Waals surface area contributed by atoms with Crippen LogP contribution in [0.5, 0.6) is 0 Å². The third-order valence-corrected chi connectivity index (χ3v) is 4.63. The molecule has 0 bridgehead atoms. The summed E-state index contributed by atoms with van der Waals surface area (Å²) < 4.78 is 12.4. The van der Waals surface area contributed by atoms with Crippen LogP contribution in [0.3, 0.4) is 0 Å². The van der Waals surface area contributed by atoms with Crippen LogP contribution in [0.25, 0.3) is 10.6 Å². The molecule has 3 heterocycles. The molecule has 0 aliphatic heterocycles. The molecule has 0 saturated heterocycles. The second-order valence-corrected chi connectivity index (χ2v) is 6.35. The van der Waals surface area contributed by atoms with E-state index in [9.17, 15) is 0 Å². The first-order valence-corrected chi connectivity index (χ1v) is 8.27. The fraction of sp³-hybridized carbons (Fsp3) is 0.375. The molecular weight excluding hydrogens is 312 g/mol. The van der Waals surface area contributed by atoms with Crippen LogP contribution < -0.4 is 5.32 Å². The Labute approximate surface area is 139 Å². The lowest BCUT2D eigenvalue weighted by Gasteiger charge is -2.09. The fourth-order valence-corrected chi connectivity index (χ4v) is 3.23. The maximum Gasteiger partial charge on any atom is 0.183 e. The lowest BCUT2D eigenvalue weighted by atomic mass is 10.3. The van der Waals surface area contributed by atoms with Crippen LogP contribution in [0.15, 0.2) is 35.1 Å². The number of nitrogens with one attached hydrogen (secondary N) is 1. The molecule has 3 aromatic rings. The number of furan rings is 1. The van der Waals surface area contributed by atoms with Crippen molar-refractivity contribution >= 4 is 16.5 Å². The van der Waals surface area contributed by atoms with Gasteiger partial charge in [0.25, 0.3) is 0 Å². The van der Waals surface area contributed by atoms with Crippen LogP contribution in [0, 0.1) is 6.92 Å². The molecule has 0 fully saturated rings. The number of ether oxygens (including phenoxy) is 1. The van der Waals surface area contributed by atoms with Crippen molar-refractivity contribution in [2.75, 3.05) is 19.0 Å². The fourth-order valence-electron chi connectivity index (χ4n) is 2.31. The van der Waals surface area contributed by atoms with Gasteiger partial charge in [-0.1, -0.05) is 11.3 Å². The Kier molecular flexibility index (Phi) is 4.78. The van der Waals surface area contributed by atoms with Crippen molar-refractivity contribution in [3.8, 4) is 10.6 Å². The molecule has 1 atom stereocenters. The van der Waals surface area contributed by atoms with Crippen molar-refractivity contribution in [1.82, 2.24) is 14.8 Å². The standard InChI is InChI=1S/C16H20N4O2S/c1-11(10-21-3)20-7-6-14(19-20)15-12(2)18-16(23-15)17-9-13-5-4-8-22-13/h4-8,11H,9-10H2,1-3H3,(H,17,18)/t11-/m0/s1. The minimum absolute atomic E-state index is 0.207. The topological polar surface area (TPSA) is 65.1 Å². The summed E-state index contributed by atoms with van der Waals surface area (Å²) in [6, 6.07) is 6.04. The van der Waals surface area contributed by atoms with Crippen molar-refractivity contribution in [3.63, 3.8) is 0 Å². The molecule has 3 rings (SSSR count). The Hall–Kier alpha value is -2.12. The van der Waals surface area contributed by atoms with Crippen molar-refractivity contribution in [1.29, 1.82) is 0 Å². The van der Waals surface area contributed by atoms with Gasteiger partial charge in [-0.2, -0.15) is 5.10 Å². The predicted molar refractivity (Wildman–Crippen MR) is 90.7 cm³/mol. The summed E-state index contributed by atoms with van der Waals surface area (Å²) >= 11 is 1.60. The van der Waals surface area contributed by atoms with E-state index < -0.39 is 0 Å². The number of hydrogen-bond donors (Lipinski definition) is 1. The molecule has 0 aromatic carbocycles. The third kappa shape index (κ3) is 3.62. The van der Waals surface area contributed by atoms with E-state index in [4.69, 9.17) is 9.15 Å². The van der Waals surface area contributed by atoms with Gasteiger partial charge in [0.1, 0.15) is 11.5 Å². The number of aromatic nitrogens is 3. The zero-order valence-electron chi connectivity index (χ0n) is 13.4. The zero-order valence-corrected chi connectivity index (χ0v) is 14.3. The highest BCUT2D eigenvalue weighted by molar-refractivity contribution is 7.19. The average molecular weight is 332 g/mol. The van der Waals surface area contributed by atoms with Crippen LogP contribution in [0.1, 0.15) is 24.4 Å². The van der Waals surface area contributed by atoms with Gasteiger partial charge >= 0.3 is 0 Å². The maximum absolute atomic E-state index is 5.32. The molecule has 6 nitrogen and oxygen atoms in total. The molecule has 0 radical (unpaired) electrons. The molecule has 3 aromatic heterocycles. The van der Waals surface area contributed by atoms with Crippen LogP contribution in [-0.2, 0) is 11.3 Å². The highest BCUT2D eigenvalue weighted by Crippen LogP contribution is 2.32. The molecular formula is C16H20N4O2S. The monoisotopic (exact) mass is 332 g/mol. The molecule has 0 aliphatic carbocycles. The maximum atomic E-state index is 5.32. The molecule has 0 unspecified atom stereocenters. The third-order valence-electron chi connectivity index (χ3n) is 3.49. The molecule has 0 aliphatic rings. The largest absolute Gasteiger partial charge is 0.467 e. The summed E-state index contributed by atoms with van der Waals surface area (Å²) in [6.45, 7) is 5.34. The summed E-state index contributed by atoms with van der Waals surface area (Å²) in [5.74, 6) is 0.886. The molecule has 0 amide bonds. The van der Waals surface area contributed by atoms with Gasteiger partial charge in [0, 0.05) is 13.3 Å². The lowest BCUT2D eigenvalue weighted by molar-refractivity contribution is 0.157. The number of methoxy groups -OCH3 is 1. The minimum Gasteiger partial charge on any atom is -0.467 e. The highest BCUT2D eigenvalue weighted by atomic mass is 32.1. The summed E-state index contributed by atoms with van der Waals surface area (Å²) in [6.07, 6.45) is 3.65. The van der Waals surface area contributed by atoms with Crippen LogP contribution >= 0.6 is 11.3 Å². The average Bonchev–Trinajstić information content (AvgIpc) is 3.26. The van der Waals surface area contributed by atoms with E-state index in [1.807, 2.05) is 36.0 Å². The van der Waals surface area contributed by atoms with Crippen LogP contribution in [0.2, 0.25) is 0 Å². The first-order valence-electron chi connectivity index (χ1n) is 7.45. The first-order chi connectivity index (χ1) is 11.2. The Morgan fingerprint density at radius 3 is 3.04 bits per heavy atom. The summed E-state index contributed by atoms with van der Waals surface area (Å²) in [5, 5.41) is 8.80. The zero-order chi connectivity index (χ0) is 16.2. The lowest BCUT2D eigenvalue weighted by Crippen LogP contribution is -2.11. The van der Waals surface area contributed by atoms with E-state index in [2.05, 4.69) is 22.3 Å². The minimum atomic E-state index is 0.207. The summed E-state index contributed by atoms with van der Waals surface area (Å²) in [7, 11) is 1.70. The highest BCUT2D eigenvalue weighted by Gasteiger charge is 2.14. The van der Waals surface area contributed by atoms with Crippen molar-refractivity contribution < 1.29 is 9.15 Å². The number of nitrogens with zero attached hydrogens (tertiary/aromatic N) is 3. The van der Waals surface area contributed by atoms with Gasteiger partial charge in [-0.3, -0.25) is 4.68 Å². The summed E-state index contributed by atoms with van der Waals surface area (Å²) in [5.41, 5.74) is 1.91. The van der Waals surface area contributed by atoms with E-state index in [1.54, 1.807) is 24.7 Å². The number of rotatable bonds is 7. The first kappa shape index (κ1) is 15.8. The molecule has 7 heteroatoms. The quantitative estimate of drug-likeness (QED) is 0.714. The number of hydrogen-bond acceptors (Lipinski definition) is 6. The predicted octanol–water partition coefficient (Wildman–Crippen LogP) is 3.73. The summed E-state index contributed by atoms with van der Waals surface area (Å²) in [4.78, 5) is 5.65. The normalized spacial score (nSPS) is 12.5. The number of anilines is 1. The van der Waals surface area contributed by atoms with Gasteiger partial charge in [-0.05, 0) is 32.0 Å². The molecule has 1 N–H and O–H groups in total. The molecule has 122 valence electrons. The van der Waals surface area contributed by atoms with Crippen LogP contribution in [-0.4, -0.2) is 28.5 Å². The van der Waals surface area contributed by atoms with Gasteiger partial charge in [0.05, 0.1) is 36.0 Å². The van der Waals surface area contributed by atoms with Crippen molar-refractivity contribution in [3.05, 3.63) is 42.1 Å². The van der Waals surface area contributed by atoms with E-state index in [0.717, 1.165) is 27.2 Å². The van der Waals surface area contributed by atoms with Gasteiger partial charge in [-0.25, -0.2) is 4.98 Å². The molecule has 23 heavy (non-hydrogen) atoms. The van der Waals surface area contributed by atoms with E-state index in [-0.39, 0.29) is 6.04 Å². The second kappa shape index (κ2) is 6.97. The molecule has 0 saturated carbocycles. The van der Waals surface area contributed by atoms with E-state index >= 15 is 0 Å². The number of thiazole rings is 1. The van der Waals surface area contributed by atoms with Gasteiger partial charge in [0.2, 0.25) is 0 Å².